The molecule has 1 aliphatic rings. The maximum Gasteiger partial charge on any atom is 0.222 e. The van der Waals surface area contributed by atoms with Crippen LogP contribution in [0.3, 0.4) is 0 Å². The van der Waals surface area contributed by atoms with Crippen LogP contribution in [0.4, 0.5) is 0 Å². The number of carbonyl (C=O) groups is 1. The summed E-state index contributed by atoms with van der Waals surface area (Å²) in [5, 5.41) is 3.08. The van der Waals surface area contributed by atoms with Gasteiger partial charge >= 0.3 is 0 Å². The fourth-order valence-electron chi connectivity index (χ4n) is 0.996. The molecule has 0 spiro atoms. The molecule has 0 aromatic carbocycles. The van der Waals surface area contributed by atoms with E-state index in [9.17, 15) is 4.79 Å². The van der Waals surface area contributed by atoms with Gasteiger partial charge in [-0.25, -0.2) is 0 Å². The predicted molar refractivity (Wildman–Crippen MR) is 48.8 cm³/mol. The van der Waals surface area contributed by atoms with Gasteiger partial charge in [0.05, 0.1) is 13.2 Å². The molecule has 0 radical (unpaired) electrons. The SMILES string of the molecule is CC(=O)NC(=S)N1CCOCC1. The van der Waals surface area contributed by atoms with Gasteiger partial charge in [0.1, 0.15) is 0 Å². The molecule has 0 atom stereocenters. The Morgan fingerprint density at radius 1 is 1.50 bits per heavy atom. The minimum absolute atomic E-state index is 0.119. The average molecular weight is 188 g/mol. The Balaban J connectivity index is 2.34. The van der Waals surface area contributed by atoms with E-state index < -0.39 is 0 Å². The Bertz CT molecular complexity index is 190. The maximum atomic E-state index is 10.6. The third-order valence-corrected chi connectivity index (χ3v) is 1.94. The molecular weight excluding hydrogens is 176 g/mol. The molecular formula is C7H12N2O2S. The standard InChI is InChI=1S/C7H12N2O2S/c1-6(10)8-7(12)9-2-4-11-5-3-9/h2-5H2,1H3,(H,8,10,12). The molecule has 12 heavy (non-hydrogen) atoms. The molecule has 0 bridgehead atoms. The first kappa shape index (κ1) is 9.41. The van der Waals surface area contributed by atoms with Crippen LogP contribution >= 0.6 is 12.2 Å². The number of rotatable bonds is 0. The molecule has 68 valence electrons. The Labute approximate surface area is 76.9 Å². The van der Waals surface area contributed by atoms with E-state index in [1.165, 1.54) is 6.92 Å². The van der Waals surface area contributed by atoms with Gasteiger partial charge in [0.15, 0.2) is 5.11 Å². The van der Waals surface area contributed by atoms with E-state index in [4.69, 9.17) is 17.0 Å². The van der Waals surface area contributed by atoms with Gasteiger partial charge in [-0.2, -0.15) is 0 Å². The second-order valence-electron chi connectivity index (χ2n) is 2.59. The highest BCUT2D eigenvalue weighted by Gasteiger charge is 2.13. The summed E-state index contributed by atoms with van der Waals surface area (Å²) in [6.07, 6.45) is 0. The summed E-state index contributed by atoms with van der Waals surface area (Å²) in [5.41, 5.74) is 0. The lowest BCUT2D eigenvalue weighted by molar-refractivity contribution is -0.117. The van der Waals surface area contributed by atoms with Crippen molar-refractivity contribution in [3.8, 4) is 0 Å². The van der Waals surface area contributed by atoms with Crippen molar-refractivity contribution in [2.45, 2.75) is 6.92 Å². The van der Waals surface area contributed by atoms with Gasteiger partial charge < -0.3 is 15.0 Å². The Morgan fingerprint density at radius 3 is 2.58 bits per heavy atom. The number of carbonyl (C=O) groups excluding carboxylic acids is 1. The van der Waals surface area contributed by atoms with Crippen molar-refractivity contribution < 1.29 is 9.53 Å². The summed E-state index contributed by atoms with van der Waals surface area (Å²) in [7, 11) is 0. The van der Waals surface area contributed by atoms with Gasteiger partial charge in [-0.15, -0.1) is 0 Å². The van der Waals surface area contributed by atoms with Gasteiger partial charge in [0.25, 0.3) is 0 Å². The normalized spacial score (nSPS) is 17.2. The fourth-order valence-corrected chi connectivity index (χ4v) is 1.32. The van der Waals surface area contributed by atoms with Crippen LogP contribution in [-0.4, -0.2) is 42.2 Å². The summed E-state index contributed by atoms with van der Waals surface area (Å²) >= 11 is 4.99. The van der Waals surface area contributed by atoms with E-state index in [0.29, 0.717) is 18.3 Å². The van der Waals surface area contributed by atoms with Crippen LogP contribution in [-0.2, 0) is 9.53 Å². The van der Waals surface area contributed by atoms with E-state index >= 15 is 0 Å². The Hall–Kier alpha value is -0.680. The first-order chi connectivity index (χ1) is 5.70. The van der Waals surface area contributed by atoms with Gasteiger partial charge in [-0.1, -0.05) is 0 Å². The Kier molecular flexibility index (Phi) is 3.43. The number of hydrogen-bond acceptors (Lipinski definition) is 3. The number of amides is 1. The van der Waals surface area contributed by atoms with E-state index in [0.717, 1.165) is 13.1 Å². The number of hydrogen-bond donors (Lipinski definition) is 1. The molecule has 0 aromatic rings. The smallest absolute Gasteiger partial charge is 0.222 e. The van der Waals surface area contributed by atoms with Gasteiger partial charge in [0, 0.05) is 20.0 Å². The first-order valence-corrected chi connectivity index (χ1v) is 4.25. The van der Waals surface area contributed by atoms with Crippen molar-refractivity contribution >= 4 is 23.2 Å². The van der Waals surface area contributed by atoms with Crippen molar-refractivity contribution in [3.63, 3.8) is 0 Å². The molecule has 0 aromatic heterocycles. The maximum absolute atomic E-state index is 10.6. The molecule has 1 amide bonds. The van der Waals surface area contributed by atoms with Gasteiger partial charge in [-0.05, 0) is 12.2 Å². The van der Waals surface area contributed by atoms with Gasteiger partial charge in [-0.3, -0.25) is 4.79 Å². The van der Waals surface area contributed by atoms with Crippen LogP contribution < -0.4 is 5.32 Å². The minimum atomic E-state index is -0.119. The minimum Gasteiger partial charge on any atom is -0.378 e. The highest BCUT2D eigenvalue weighted by atomic mass is 32.1. The predicted octanol–water partition coefficient (Wildman–Crippen LogP) is -0.260. The van der Waals surface area contributed by atoms with Crippen LogP contribution in [0, 0.1) is 0 Å². The highest BCUT2D eigenvalue weighted by molar-refractivity contribution is 7.80. The Morgan fingerprint density at radius 2 is 2.08 bits per heavy atom. The number of nitrogens with zero attached hydrogens (tertiary/aromatic N) is 1. The van der Waals surface area contributed by atoms with Crippen molar-refractivity contribution in [2.24, 2.45) is 0 Å². The summed E-state index contributed by atoms with van der Waals surface area (Å²) in [5.74, 6) is -0.119. The van der Waals surface area contributed by atoms with Crippen molar-refractivity contribution in [2.75, 3.05) is 26.3 Å². The molecule has 1 rings (SSSR count). The molecule has 1 heterocycles. The van der Waals surface area contributed by atoms with Crippen molar-refractivity contribution in [1.82, 2.24) is 10.2 Å². The zero-order valence-electron chi connectivity index (χ0n) is 7.00. The van der Waals surface area contributed by atoms with Gasteiger partial charge in [0.2, 0.25) is 5.91 Å². The molecule has 0 unspecified atom stereocenters. The second-order valence-corrected chi connectivity index (χ2v) is 2.97. The van der Waals surface area contributed by atoms with Crippen LogP contribution in [0.2, 0.25) is 0 Å². The second kappa shape index (κ2) is 4.37. The summed E-state index contributed by atoms with van der Waals surface area (Å²) in [6.45, 7) is 4.34. The molecule has 1 aliphatic heterocycles. The molecule has 1 fully saturated rings. The monoisotopic (exact) mass is 188 g/mol. The lowest BCUT2D eigenvalue weighted by Crippen LogP contribution is -2.47. The van der Waals surface area contributed by atoms with E-state index in [1.54, 1.807) is 0 Å². The zero-order chi connectivity index (χ0) is 8.97. The highest BCUT2D eigenvalue weighted by Crippen LogP contribution is 1.96. The lowest BCUT2D eigenvalue weighted by atomic mass is 10.4. The van der Waals surface area contributed by atoms with Crippen LogP contribution in [0.1, 0.15) is 6.92 Å². The molecule has 5 heteroatoms. The average Bonchev–Trinajstić information content (AvgIpc) is 2.05. The third-order valence-electron chi connectivity index (χ3n) is 1.58. The molecule has 4 nitrogen and oxygen atoms in total. The van der Waals surface area contributed by atoms with Crippen molar-refractivity contribution in [3.05, 3.63) is 0 Å². The number of thiocarbonyl (C=S) groups is 1. The molecule has 1 saturated heterocycles. The largest absolute Gasteiger partial charge is 0.378 e. The summed E-state index contributed by atoms with van der Waals surface area (Å²) in [4.78, 5) is 12.6. The quantitative estimate of drug-likeness (QED) is 0.532. The molecule has 0 aliphatic carbocycles. The summed E-state index contributed by atoms with van der Waals surface area (Å²) < 4.78 is 5.14. The lowest BCUT2D eigenvalue weighted by Gasteiger charge is -2.28. The van der Waals surface area contributed by atoms with Crippen LogP contribution in [0.25, 0.3) is 0 Å². The number of nitrogens with one attached hydrogen (secondary N) is 1. The number of ether oxygens (including phenoxy) is 1. The fraction of sp³-hybridized carbons (Fsp3) is 0.714. The number of morpholine rings is 1. The zero-order valence-corrected chi connectivity index (χ0v) is 7.82. The third kappa shape index (κ3) is 2.75. The van der Waals surface area contributed by atoms with E-state index in [1.807, 2.05) is 4.90 Å². The molecule has 0 saturated carbocycles. The van der Waals surface area contributed by atoms with E-state index in [-0.39, 0.29) is 5.91 Å². The topological polar surface area (TPSA) is 41.6 Å². The van der Waals surface area contributed by atoms with Crippen LogP contribution in [0.5, 0.6) is 0 Å². The first-order valence-electron chi connectivity index (χ1n) is 3.84. The summed E-state index contributed by atoms with van der Waals surface area (Å²) in [6, 6.07) is 0. The van der Waals surface area contributed by atoms with E-state index in [2.05, 4.69) is 5.32 Å². The van der Waals surface area contributed by atoms with Crippen molar-refractivity contribution in [1.29, 1.82) is 0 Å². The van der Waals surface area contributed by atoms with Crippen LogP contribution in [0.15, 0.2) is 0 Å². The molecule has 1 N–H and O–H groups in total.